The van der Waals surface area contributed by atoms with E-state index >= 15 is 0 Å². The third-order valence-corrected chi connectivity index (χ3v) is 5.59. The number of carbonyl (C=O) groups is 4. The van der Waals surface area contributed by atoms with Gasteiger partial charge in [-0.1, -0.05) is 12.1 Å². The monoisotopic (exact) mass is 502 g/mol. The number of hydrogen-bond acceptors (Lipinski definition) is 9. The van der Waals surface area contributed by atoms with Gasteiger partial charge in [0, 0.05) is 5.75 Å². The summed E-state index contributed by atoms with van der Waals surface area (Å²) in [7, 11) is 0. The van der Waals surface area contributed by atoms with Gasteiger partial charge in [-0.15, -0.1) is 0 Å². The highest BCUT2D eigenvalue weighted by molar-refractivity contribution is 7.98. The molecular weight excluding hydrogens is 472 g/mol. The van der Waals surface area contributed by atoms with E-state index in [1.807, 2.05) is 6.26 Å². The lowest BCUT2D eigenvalue weighted by Crippen LogP contribution is -2.58. The Bertz CT molecular complexity index is 810. The number of nitrogens with two attached hydrogens (primary N) is 1. The molecule has 0 saturated carbocycles. The van der Waals surface area contributed by atoms with Crippen LogP contribution in [0.2, 0.25) is 0 Å². The van der Waals surface area contributed by atoms with E-state index in [4.69, 9.17) is 15.9 Å². The van der Waals surface area contributed by atoms with Crippen molar-refractivity contribution >= 4 is 48.1 Å². The molecule has 0 aromatic heterocycles. The topological polar surface area (TPSA) is 191 Å². The van der Waals surface area contributed by atoms with E-state index < -0.39 is 54.5 Å². The molecule has 33 heavy (non-hydrogen) atoms. The highest BCUT2D eigenvalue weighted by Crippen LogP contribution is 2.11. The predicted octanol–water partition coefficient (Wildman–Crippen LogP) is -1.52. The van der Waals surface area contributed by atoms with Crippen molar-refractivity contribution in [3.63, 3.8) is 0 Å². The molecule has 1 rings (SSSR count). The minimum absolute atomic E-state index is 0.0852. The predicted molar refractivity (Wildman–Crippen MR) is 127 cm³/mol. The molecule has 0 spiro atoms. The van der Waals surface area contributed by atoms with Gasteiger partial charge in [-0.25, -0.2) is 4.79 Å². The van der Waals surface area contributed by atoms with Crippen molar-refractivity contribution in [2.24, 2.45) is 5.73 Å². The molecule has 1 aromatic carbocycles. The number of thiol groups is 1. The Morgan fingerprint density at radius 3 is 2.06 bits per heavy atom. The average molecular weight is 503 g/mol. The Balaban J connectivity index is 2.80. The van der Waals surface area contributed by atoms with Crippen molar-refractivity contribution in [1.29, 1.82) is 0 Å². The largest absolute Gasteiger partial charge is 0.508 e. The Kier molecular flexibility index (Phi) is 12.7. The zero-order valence-electron chi connectivity index (χ0n) is 18.1. The number of nitrogens with one attached hydrogen (secondary N) is 3. The molecule has 13 heteroatoms. The molecule has 4 atom stereocenters. The first-order chi connectivity index (χ1) is 15.6. The van der Waals surface area contributed by atoms with Gasteiger partial charge in [0.25, 0.3) is 0 Å². The smallest absolute Gasteiger partial charge is 0.328 e. The Morgan fingerprint density at radius 2 is 1.55 bits per heavy atom. The van der Waals surface area contributed by atoms with Crippen LogP contribution >= 0.6 is 24.4 Å². The van der Waals surface area contributed by atoms with Gasteiger partial charge in [0.2, 0.25) is 17.7 Å². The lowest BCUT2D eigenvalue weighted by Gasteiger charge is -2.24. The average Bonchev–Trinajstić information content (AvgIpc) is 2.79. The molecule has 0 heterocycles. The number of rotatable bonds is 14. The highest BCUT2D eigenvalue weighted by atomic mass is 32.2. The maximum atomic E-state index is 12.8. The van der Waals surface area contributed by atoms with Crippen LogP contribution in [-0.4, -0.2) is 87.5 Å². The van der Waals surface area contributed by atoms with E-state index in [1.54, 1.807) is 12.1 Å². The number of aromatic hydroxyl groups is 1. The number of carboxylic acid groups (broad SMARTS) is 1. The standard InChI is InChI=1S/C20H30N4O7S2/c1-33-7-6-14(22-17(27)13(21)8-11-2-4-12(26)5-3-11)18(28)24-16(10-32)19(29)23-15(9-25)20(30)31/h2-5,13-16,25-26,32H,6-10,21H2,1H3,(H,22,27)(H,23,29)(H,24,28)(H,30,31). The van der Waals surface area contributed by atoms with Gasteiger partial charge >= 0.3 is 5.97 Å². The van der Waals surface area contributed by atoms with E-state index in [2.05, 4.69) is 28.6 Å². The summed E-state index contributed by atoms with van der Waals surface area (Å²) in [6.45, 7) is -0.820. The van der Waals surface area contributed by atoms with Crippen LogP contribution in [0.15, 0.2) is 24.3 Å². The molecule has 0 aliphatic heterocycles. The van der Waals surface area contributed by atoms with E-state index in [0.717, 1.165) is 5.56 Å². The van der Waals surface area contributed by atoms with Crippen molar-refractivity contribution in [2.45, 2.75) is 37.0 Å². The zero-order chi connectivity index (χ0) is 25.0. The second kappa shape index (κ2) is 14.6. The van der Waals surface area contributed by atoms with Gasteiger partial charge < -0.3 is 37.0 Å². The maximum Gasteiger partial charge on any atom is 0.328 e. The molecule has 0 aliphatic rings. The quantitative estimate of drug-likeness (QED) is 0.140. The normalized spacial score (nSPS) is 14.4. The summed E-state index contributed by atoms with van der Waals surface area (Å²) in [6, 6.07) is 1.56. The molecular formula is C20H30N4O7S2. The first kappa shape index (κ1) is 28.6. The van der Waals surface area contributed by atoms with Crippen LogP contribution in [0.3, 0.4) is 0 Å². The first-order valence-electron chi connectivity index (χ1n) is 10.0. The lowest BCUT2D eigenvalue weighted by atomic mass is 10.0. The van der Waals surface area contributed by atoms with Crippen LogP contribution in [0.5, 0.6) is 5.75 Å². The zero-order valence-corrected chi connectivity index (χ0v) is 19.8. The minimum atomic E-state index is -1.53. The molecule has 0 radical (unpaired) electrons. The lowest BCUT2D eigenvalue weighted by molar-refractivity contribution is -0.143. The molecule has 0 fully saturated rings. The SMILES string of the molecule is CSCCC(NC(=O)C(N)Cc1ccc(O)cc1)C(=O)NC(CS)C(=O)NC(CO)C(=O)O. The van der Waals surface area contributed by atoms with Crippen LogP contribution in [0.4, 0.5) is 0 Å². The van der Waals surface area contributed by atoms with Gasteiger partial charge in [0.15, 0.2) is 0 Å². The number of phenols is 1. The van der Waals surface area contributed by atoms with Crippen LogP contribution in [0.25, 0.3) is 0 Å². The third-order valence-electron chi connectivity index (χ3n) is 4.59. The number of benzene rings is 1. The molecule has 0 aliphatic carbocycles. The molecule has 11 nitrogen and oxygen atoms in total. The molecule has 8 N–H and O–H groups in total. The van der Waals surface area contributed by atoms with Crippen LogP contribution in [0, 0.1) is 0 Å². The number of aliphatic hydroxyl groups is 1. The van der Waals surface area contributed by atoms with E-state index in [0.29, 0.717) is 5.75 Å². The van der Waals surface area contributed by atoms with Gasteiger partial charge in [-0.3, -0.25) is 14.4 Å². The number of phenolic OH excluding ortho intramolecular Hbond substituents is 1. The number of amides is 3. The number of aliphatic carboxylic acids is 1. The van der Waals surface area contributed by atoms with Gasteiger partial charge in [0.05, 0.1) is 12.6 Å². The Labute approximate surface area is 201 Å². The molecule has 184 valence electrons. The van der Waals surface area contributed by atoms with Crippen LogP contribution in [-0.2, 0) is 25.6 Å². The second-order valence-corrected chi connectivity index (χ2v) is 8.50. The fraction of sp³-hybridized carbons (Fsp3) is 0.500. The van der Waals surface area contributed by atoms with Crippen molar-refractivity contribution < 1.29 is 34.5 Å². The molecule has 0 saturated heterocycles. The third kappa shape index (κ3) is 9.90. The summed E-state index contributed by atoms with van der Waals surface area (Å²) in [6.07, 6.45) is 2.28. The number of hydrogen-bond donors (Lipinski definition) is 8. The van der Waals surface area contributed by atoms with Crippen molar-refractivity contribution in [3.8, 4) is 5.75 Å². The summed E-state index contributed by atoms with van der Waals surface area (Å²) in [4.78, 5) is 48.7. The summed E-state index contributed by atoms with van der Waals surface area (Å²) in [5.74, 6) is -3.00. The molecule has 1 aromatic rings. The number of carboxylic acids is 1. The number of aliphatic hydroxyl groups excluding tert-OH is 1. The van der Waals surface area contributed by atoms with Gasteiger partial charge in [-0.2, -0.15) is 24.4 Å². The van der Waals surface area contributed by atoms with E-state index in [-0.39, 0.29) is 24.3 Å². The van der Waals surface area contributed by atoms with Crippen LogP contribution in [0.1, 0.15) is 12.0 Å². The Morgan fingerprint density at radius 1 is 1.00 bits per heavy atom. The highest BCUT2D eigenvalue weighted by Gasteiger charge is 2.29. The van der Waals surface area contributed by atoms with Gasteiger partial charge in [0.1, 0.15) is 23.9 Å². The minimum Gasteiger partial charge on any atom is -0.508 e. The van der Waals surface area contributed by atoms with Crippen LogP contribution < -0.4 is 21.7 Å². The Hall–Kier alpha value is -2.48. The number of carbonyl (C=O) groups excluding carboxylic acids is 3. The molecule has 0 bridgehead atoms. The summed E-state index contributed by atoms with van der Waals surface area (Å²) >= 11 is 5.48. The fourth-order valence-corrected chi connectivity index (χ4v) is 3.41. The first-order valence-corrected chi connectivity index (χ1v) is 12.0. The van der Waals surface area contributed by atoms with E-state index in [1.165, 1.54) is 23.9 Å². The van der Waals surface area contributed by atoms with Crippen molar-refractivity contribution in [1.82, 2.24) is 16.0 Å². The van der Waals surface area contributed by atoms with Crippen molar-refractivity contribution in [3.05, 3.63) is 29.8 Å². The maximum absolute atomic E-state index is 12.8. The summed E-state index contributed by atoms with van der Waals surface area (Å²) in [5.41, 5.74) is 6.70. The van der Waals surface area contributed by atoms with Crippen molar-refractivity contribution in [2.75, 3.05) is 24.4 Å². The molecule has 4 unspecified atom stereocenters. The number of thioether (sulfide) groups is 1. The summed E-state index contributed by atoms with van der Waals surface area (Å²) < 4.78 is 0. The second-order valence-electron chi connectivity index (χ2n) is 7.15. The summed E-state index contributed by atoms with van der Waals surface area (Å²) in [5, 5.41) is 34.5. The fourth-order valence-electron chi connectivity index (χ4n) is 2.69. The molecule has 3 amide bonds. The van der Waals surface area contributed by atoms with Gasteiger partial charge in [-0.05, 0) is 42.5 Å². The van der Waals surface area contributed by atoms with E-state index in [9.17, 15) is 24.3 Å².